The molecule has 7 nitrogen and oxygen atoms in total. The molecule has 0 unspecified atom stereocenters. The lowest BCUT2D eigenvalue weighted by Gasteiger charge is -2.34. The molecule has 0 saturated heterocycles. The molecule has 4 aromatic rings. The van der Waals surface area contributed by atoms with Crippen molar-refractivity contribution in [2.24, 2.45) is 0 Å². The zero-order chi connectivity index (χ0) is 32.6. The first-order chi connectivity index (χ1) is 21.5. The van der Waals surface area contributed by atoms with E-state index >= 15 is 4.39 Å². The van der Waals surface area contributed by atoms with Crippen molar-refractivity contribution in [3.63, 3.8) is 0 Å². The van der Waals surface area contributed by atoms with Crippen LogP contribution in [0.2, 0.25) is 10.0 Å². The number of aryl methyl sites for hydroxylation is 1. The molecule has 1 N–H and O–H groups in total. The number of para-hydroxylation sites is 1. The Kier molecular flexibility index (Phi) is 11.6. The minimum Gasteiger partial charge on any atom is -0.354 e. The summed E-state index contributed by atoms with van der Waals surface area (Å²) in [5.74, 6) is -1.95. The van der Waals surface area contributed by atoms with E-state index in [1.165, 1.54) is 35.2 Å². The number of carbonyl (C=O) groups excluding carboxylic acids is 2. The van der Waals surface area contributed by atoms with Crippen LogP contribution in [0, 0.1) is 12.7 Å². The molecule has 0 aromatic heterocycles. The van der Waals surface area contributed by atoms with E-state index < -0.39 is 40.2 Å². The molecule has 1 atom stereocenters. The Morgan fingerprint density at radius 2 is 1.53 bits per heavy atom. The molecule has 11 heteroatoms. The Hall–Kier alpha value is -3.92. The average molecular weight is 671 g/mol. The maximum Gasteiger partial charge on any atom is 0.264 e. The van der Waals surface area contributed by atoms with Crippen LogP contribution in [0.5, 0.6) is 0 Å². The van der Waals surface area contributed by atoms with Gasteiger partial charge in [0.2, 0.25) is 11.8 Å². The third-order valence-electron chi connectivity index (χ3n) is 7.17. The Morgan fingerprint density at radius 3 is 2.18 bits per heavy atom. The summed E-state index contributed by atoms with van der Waals surface area (Å²) in [5, 5.41) is 3.45. The molecule has 0 saturated carbocycles. The molecule has 4 aromatic carbocycles. The number of rotatable bonds is 13. The second kappa shape index (κ2) is 15.4. The molecule has 0 heterocycles. The number of nitrogens with one attached hydrogen (secondary N) is 1. The third-order valence-corrected chi connectivity index (χ3v) is 9.68. The Labute approximate surface area is 273 Å². The van der Waals surface area contributed by atoms with Crippen molar-refractivity contribution in [2.45, 2.75) is 44.2 Å². The van der Waals surface area contributed by atoms with Crippen molar-refractivity contribution in [1.29, 1.82) is 0 Å². The van der Waals surface area contributed by atoms with Gasteiger partial charge in [0.15, 0.2) is 0 Å². The maximum absolute atomic E-state index is 15.2. The van der Waals surface area contributed by atoms with Gasteiger partial charge in [-0.1, -0.05) is 96.4 Å². The van der Waals surface area contributed by atoms with Crippen LogP contribution in [-0.2, 0) is 32.6 Å². The molecule has 236 valence electrons. The number of hydrogen-bond donors (Lipinski definition) is 1. The molecule has 0 aliphatic rings. The van der Waals surface area contributed by atoms with Crippen LogP contribution in [0.15, 0.2) is 102 Å². The molecule has 0 fully saturated rings. The first-order valence-electron chi connectivity index (χ1n) is 14.4. The van der Waals surface area contributed by atoms with Crippen LogP contribution in [0.4, 0.5) is 10.1 Å². The van der Waals surface area contributed by atoms with E-state index in [2.05, 4.69) is 5.32 Å². The van der Waals surface area contributed by atoms with Crippen molar-refractivity contribution in [1.82, 2.24) is 10.2 Å². The largest absolute Gasteiger partial charge is 0.354 e. The molecule has 0 radical (unpaired) electrons. The summed E-state index contributed by atoms with van der Waals surface area (Å²) in [6, 6.07) is 24.4. The quantitative estimate of drug-likeness (QED) is 0.170. The second-order valence-electron chi connectivity index (χ2n) is 10.5. The highest BCUT2D eigenvalue weighted by molar-refractivity contribution is 7.92. The number of hydrogen-bond acceptors (Lipinski definition) is 4. The molecule has 0 aliphatic heterocycles. The number of amides is 2. The number of anilines is 1. The van der Waals surface area contributed by atoms with Crippen molar-refractivity contribution < 1.29 is 22.4 Å². The lowest BCUT2D eigenvalue weighted by Crippen LogP contribution is -2.53. The van der Waals surface area contributed by atoms with Crippen LogP contribution in [0.1, 0.15) is 30.0 Å². The highest BCUT2D eigenvalue weighted by Crippen LogP contribution is 2.28. The predicted octanol–water partition coefficient (Wildman–Crippen LogP) is 6.80. The monoisotopic (exact) mass is 669 g/mol. The molecule has 0 spiro atoms. The zero-order valence-electron chi connectivity index (χ0n) is 24.9. The fourth-order valence-corrected chi connectivity index (χ4v) is 6.50. The van der Waals surface area contributed by atoms with Crippen LogP contribution in [0.3, 0.4) is 0 Å². The van der Waals surface area contributed by atoms with Gasteiger partial charge in [-0.2, -0.15) is 0 Å². The first-order valence-corrected chi connectivity index (χ1v) is 16.6. The van der Waals surface area contributed by atoms with Gasteiger partial charge < -0.3 is 10.2 Å². The van der Waals surface area contributed by atoms with Gasteiger partial charge in [0.1, 0.15) is 18.4 Å². The van der Waals surface area contributed by atoms with E-state index in [-0.39, 0.29) is 28.6 Å². The van der Waals surface area contributed by atoms with Gasteiger partial charge in [0.05, 0.1) is 20.6 Å². The van der Waals surface area contributed by atoms with E-state index in [0.717, 1.165) is 21.5 Å². The van der Waals surface area contributed by atoms with Gasteiger partial charge in [-0.25, -0.2) is 12.8 Å². The fourth-order valence-electron chi connectivity index (χ4n) is 4.76. The van der Waals surface area contributed by atoms with E-state index in [1.54, 1.807) is 30.3 Å². The summed E-state index contributed by atoms with van der Waals surface area (Å²) in [4.78, 5) is 29.3. The minimum atomic E-state index is -4.42. The smallest absolute Gasteiger partial charge is 0.264 e. The molecular weight excluding hydrogens is 636 g/mol. The summed E-state index contributed by atoms with van der Waals surface area (Å²) in [7, 11) is -4.42. The second-order valence-corrected chi connectivity index (χ2v) is 13.2. The summed E-state index contributed by atoms with van der Waals surface area (Å²) in [5.41, 5.74) is 1.89. The van der Waals surface area contributed by atoms with Crippen LogP contribution in [-0.4, -0.2) is 44.3 Å². The summed E-state index contributed by atoms with van der Waals surface area (Å²) < 4.78 is 44.0. The van der Waals surface area contributed by atoms with Crippen molar-refractivity contribution in [2.75, 3.05) is 17.4 Å². The topological polar surface area (TPSA) is 86.8 Å². The van der Waals surface area contributed by atoms with Crippen LogP contribution in [0.25, 0.3) is 0 Å². The van der Waals surface area contributed by atoms with Crippen molar-refractivity contribution >= 4 is 50.7 Å². The minimum absolute atomic E-state index is 0.0948. The molecule has 2 amide bonds. The van der Waals surface area contributed by atoms with Gasteiger partial charge in [-0.05, 0) is 60.9 Å². The number of carbonyl (C=O) groups is 2. The van der Waals surface area contributed by atoms with Gasteiger partial charge in [0.25, 0.3) is 10.0 Å². The van der Waals surface area contributed by atoms with Gasteiger partial charge in [-0.15, -0.1) is 0 Å². The number of nitrogens with zero attached hydrogens (tertiary/aromatic N) is 2. The van der Waals surface area contributed by atoms with E-state index in [4.69, 9.17) is 23.2 Å². The Bertz CT molecular complexity index is 1740. The van der Waals surface area contributed by atoms with Gasteiger partial charge in [0, 0.05) is 19.5 Å². The highest BCUT2D eigenvalue weighted by atomic mass is 35.5. The van der Waals surface area contributed by atoms with Crippen molar-refractivity contribution in [3.8, 4) is 0 Å². The van der Waals surface area contributed by atoms with E-state index in [0.29, 0.717) is 23.6 Å². The van der Waals surface area contributed by atoms with Crippen molar-refractivity contribution in [3.05, 3.63) is 130 Å². The fraction of sp³-hybridized carbons (Fsp3) is 0.235. The Morgan fingerprint density at radius 1 is 0.867 bits per heavy atom. The summed E-state index contributed by atoms with van der Waals surface area (Å²) in [6.45, 7) is 3.23. The number of halogens is 3. The number of sulfonamides is 1. The molecule has 0 aliphatic carbocycles. The normalized spacial score (nSPS) is 11.9. The SMILES string of the molecule is CCCNC(=O)[C@H](Cc1ccccc1)N(Cc1ccc(Cl)c(Cl)c1)C(=O)CN(c1ccccc1F)S(=O)(=O)c1ccc(C)cc1. The van der Waals surface area contributed by atoms with Crippen LogP contribution >= 0.6 is 23.2 Å². The first kappa shape index (κ1) is 34.0. The highest BCUT2D eigenvalue weighted by Gasteiger charge is 2.35. The standard InChI is InChI=1S/C34H34Cl2FN3O4S/c1-3-19-38-34(42)32(21-25-9-5-4-6-10-25)39(22-26-15-18-28(35)29(36)20-26)33(41)23-40(31-12-8-7-11-30(31)37)45(43,44)27-16-13-24(2)14-17-27/h4-18,20,32H,3,19,21-23H2,1-2H3,(H,38,42)/t32-/m0/s1. The zero-order valence-corrected chi connectivity index (χ0v) is 27.2. The van der Waals surface area contributed by atoms with Crippen LogP contribution < -0.4 is 9.62 Å². The lowest BCUT2D eigenvalue weighted by molar-refractivity contribution is -0.140. The molecule has 0 bridgehead atoms. The molecule has 4 rings (SSSR count). The third kappa shape index (κ3) is 8.63. The Balaban J connectivity index is 1.82. The summed E-state index contributed by atoms with van der Waals surface area (Å²) in [6.07, 6.45) is 0.814. The number of benzene rings is 4. The lowest BCUT2D eigenvalue weighted by atomic mass is 10.0. The molecular formula is C34H34Cl2FN3O4S. The van der Waals surface area contributed by atoms with E-state index in [9.17, 15) is 18.0 Å². The average Bonchev–Trinajstić information content (AvgIpc) is 3.03. The molecule has 45 heavy (non-hydrogen) atoms. The van der Waals surface area contributed by atoms with Gasteiger partial charge >= 0.3 is 0 Å². The predicted molar refractivity (Wildman–Crippen MR) is 176 cm³/mol. The summed E-state index contributed by atoms with van der Waals surface area (Å²) >= 11 is 12.4. The van der Waals surface area contributed by atoms with E-state index in [1.807, 2.05) is 44.2 Å². The maximum atomic E-state index is 15.2. The van der Waals surface area contributed by atoms with Gasteiger partial charge in [-0.3, -0.25) is 13.9 Å².